The summed E-state index contributed by atoms with van der Waals surface area (Å²) in [6.07, 6.45) is 7.49. The molecule has 7 heteroatoms. The lowest BCUT2D eigenvalue weighted by atomic mass is 9.80. The summed E-state index contributed by atoms with van der Waals surface area (Å²) in [6.45, 7) is 4.01. The summed E-state index contributed by atoms with van der Waals surface area (Å²) in [4.78, 5) is 22.0. The minimum absolute atomic E-state index is 0.268. The van der Waals surface area contributed by atoms with Crippen LogP contribution in [-0.2, 0) is 6.54 Å². The number of carbonyl (C=O) groups is 1. The Morgan fingerprint density at radius 2 is 2.09 bits per heavy atom. The Bertz CT molecular complexity index is 988. The fourth-order valence-electron chi connectivity index (χ4n) is 5.66. The Morgan fingerprint density at radius 3 is 2.81 bits per heavy atom. The first-order valence-electron chi connectivity index (χ1n) is 11.8. The second-order valence-electron chi connectivity index (χ2n) is 9.47. The van der Waals surface area contributed by atoms with Gasteiger partial charge in [0, 0.05) is 30.9 Å². The summed E-state index contributed by atoms with van der Waals surface area (Å²) < 4.78 is 14.1. The molecule has 32 heavy (non-hydrogen) atoms. The van der Waals surface area contributed by atoms with Crippen LogP contribution in [0, 0.1) is 5.82 Å². The third-order valence-electron chi connectivity index (χ3n) is 7.31. The molecule has 2 atom stereocenters. The third kappa shape index (κ3) is 4.08. The molecular weight excluding hydrogens is 423 g/mol. The summed E-state index contributed by atoms with van der Waals surface area (Å²) in [5, 5.41) is 8.00. The highest BCUT2D eigenvalue weighted by Crippen LogP contribution is 2.41. The molecule has 3 heterocycles. The molecule has 1 aromatic heterocycles. The molecule has 170 valence electrons. The lowest BCUT2D eigenvalue weighted by Crippen LogP contribution is -2.63. The highest BCUT2D eigenvalue weighted by Gasteiger charge is 2.53. The van der Waals surface area contributed by atoms with Crippen molar-refractivity contribution in [2.75, 3.05) is 11.4 Å². The number of urea groups is 1. The van der Waals surface area contributed by atoms with Gasteiger partial charge in [0.05, 0.1) is 0 Å². The van der Waals surface area contributed by atoms with Crippen LogP contribution in [0.3, 0.4) is 0 Å². The lowest BCUT2D eigenvalue weighted by molar-refractivity contribution is 0.122. The molecule has 0 radical (unpaired) electrons. The van der Waals surface area contributed by atoms with Gasteiger partial charge in [-0.2, -0.15) is 16.3 Å². The van der Waals surface area contributed by atoms with Gasteiger partial charge in [0.2, 0.25) is 0 Å². The van der Waals surface area contributed by atoms with E-state index in [0.717, 1.165) is 44.6 Å². The Balaban J connectivity index is 1.45. The molecule has 2 aliphatic heterocycles. The molecule has 1 saturated carbocycles. The van der Waals surface area contributed by atoms with E-state index in [0.29, 0.717) is 11.7 Å². The van der Waals surface area contributed by atoms with Crippen molar-refractivity contribution < 1.29 is 9.18 Å². The molecule has 5 rings (SSSR count). The Labute approximate surface area is 193 Å². The number of benzene rings is 1. The van der Waals surface area contributed by atoms with Crippen molar-refractivity contribution in [3.8, 4) is 0 Å². The second-order valence-corrected chi connectivity index (χ2v) is 10.3. The number of likely N-dealkylation sites (tertiary alicyclic amines) is 1. The average molecular weight is 455 g/mol. The predicted octanol–water partition coefficient (Wildman–Crippen LogP) is 5.57. The number of anilines is 1. The maximum atomic E-state index is 14.1. The molecule has 3 aliphatic rings. The van der Waals surface area contributed by atoms with Gasteiger partial charge in [0.15, 0.2) is 0 Å². The molecule has 2 fully saturated rings. The monoisotopic (exact) mass is 454 g/mol. The van der Waals surface area contributed by atoms with E-state index in [2.05, 4.69) is 39.0 Å². The standard InChI is InChI=1S/C25H31FN4OS/c1-18-15-25(11-12-29(18)16-19-10-13-32-17-19)23(27-21-7-3-2-4-8-21)28-24(31)30(25)22-9-5-6-20(26)14-22/h5-6,9-10,13-14,17-18,21H,2-4,7-8,11-12,15-16H2,1H3,(H,27,28,31)/t18-,25+/m1/s1. The zero-order valence-corrected chi connectivity index (χ0v) is 19.4. The molecular formula is C25H31FN4OS. The summed E-state index contributed by atoms with van der Waals surface area (Å²) in [7, 11) is 0. The SMILES string of the molecule is C[C@@H]1C[C@@]2(CCN1Cc1ccsc1)C(NC1CCCCC1)=NC(=O)N2c1cccc(F)c1. The zero-order valence-electron chi connectivity index (χ0n) is 18.6. The minimum Gasteiger partial charge on any atom is -0.369 e. The van der Waals surface area contributed by atoms with Crippen molar-refractivity contribution in [3.63, 3.8) is 0 Å². The number of hydrogen-bond donors (Lipinski definition) is 1. The first-order valence-corrected chi connectivity index (χ1v) is 12.7. The summed E-state index contributed by atoms with van der Waals surface area (Å²) in [5.41, 5.74) is 1.38. The smallest absolute Gasteiger partial charge is 0.350 e. The molecule has 1 spiro atoms. The fraction of sp³-hybridized carbons (Fsp3) is 0.520. The number of hydrogen-bond acceptors (Lipinski definition) is 4. The van der Waals surface area contributed by atoms with Crippen LogP contribution in [-0.4, -0.2) is 40.9 Å². The topological polar surface area (TPSA) is 47.9 Å². The quantitative estimate of drug-likeness (QED) is 0.657. The lowest BCUT2D eigenvalue weighted by Gasteiger charge is -2.48. The second kappa shape index (κ2) is 8.94. The van der Waals surface area contributed by atoms with Crippen LogP contribution >= 0.6 is 11.3 Å². The Kier molecular flexibility index (Phi) is 6.03. The molecule has 5 nitrogen and oxygen atoms in total. The largest absolute Gasteiger partial charge is 0.369 e. The summed E-state index contributed by atoms with van der Waals surface area (Å²) in [5.74, 6) is 0.461. The van der Waals surface area contributed by atoms with E-state index in [9.17, 15) is 9.18 Å². The van der Waals surface area contributed by atoms with Gasteiger partial charge in [-0.3, -0.25) is 9.80 Å². The predicted molar refractivity (Wildman–Crippen MR) is 128 cm³/mol. The van der Waals surface area contributed by atoms with Crippen molar-refractivity contribution in [2.24, 2.45) is 4.99 Å². The number of rotatable bonds is 4. The van der Waals surface area contributed by atoms with Crippen molar-refractivity contribution in [1.29, 1.82) is 0 Å². The van der Waals surface area contributed by atoms with Crippen molar-refractivity contribution in [2.45, 2.75) is 76.0 Å². The molecule has 0 unspecified atom stereocenters. The van der Waals surface area contributed by atoms with E-state index in [-0.39, 0.29) is 17.9 Å². The molecule has 0 bridgehead atoms. The maximum absolute atomic E-state index is 14.1. The number of amidine groups is 1. The van der Waals surface area contributed by atoms with Gasteiger partial charge in [-0.05, 0) is 73.2 Å². The van der Waals surface area contributed by atoms with Gasteiger partial charge in [-0.25, -0.2) is 9.18 Å². The molecule has 1 aliphatic carbocycles. The van der Waals surface area contributed by atoms with Crippen LogP contribution in [0.4, 0.5) is 14.9 Å². The van der Waals surface area contributed by atoms with E-state index in [1.54, 1.807) is 22.3 Å². The molecule has 2 aromatic rings. The number of nitrogens with one attached hydrogen (secondary N) is 1. The zero-order chi connectivity index (χ0) is 22.1. The van der Waals surface area contributed by atoms with Gasteiger partial charge in [-0.1, -0.05) is 25.3 Å². The van der Waals surface area contributed by atoms with Crippen molar-refractivity contribution in [1.82, 2.24) is 10.2 Å². The highest BCUT2D eigenvalue weighted by molar-refractivity contribution is 7.07. The van der Waals surface area contributed by atoms with Crippen LogP contribution in [0.25, 0.3) is 0 Å². The highest BCUT2D eigenvalue weighted by atomic mass is 32.1. The molecule has 1 aromatic carbocycles. The number of nitrogens with zero attached hydrogens (tertiary/aromatic N) is 3. The van der Waals surface area contributed by atoms with Gasteiger partial charge in [0.25, 0.3) is 0 Å². The van der Waals surface area contributed by atoms with Gasteiger partial charge in [0.1, 0.15) is 17.2 Å². The third-order valence-corrected chi connectivity index (χ3v) is 8.05. The van der Waals surface area contributed by atoms with Gasteiger partial charge in [-0.15, -0.1) is 0 Å². The van der Waals surface area contributed by atoms with Crippen LogP contribution < -0.4 is 10.2 Å². The fourth-order valence-corrected chi connectivity index (χ4v) is 6.32. The van der Waals surface area contributed by atoms with E-state index in [4.69, 9.17) is 0 Å². The van der Waals surface area contributed by atoms with Gasteiger partial charge >= 0.3 is 6.03 Å². The normalized spacial score (nSPS) is 27.2. The van der Waals surface area contributed by atoms with E-state index in [1.807, 2.05) is 6.07 Å². The number of amides is 2. The van der Waals surface area contributed by atoms with Crippen molar-refractivity contribution in [3.05, 3.63) is 52.5 Å². The van der Waals surface area contributed by atoms with Crippen LogP contribution in [0.2, 0.25) is 0 Å². The maximum Gasteiger partial charge on any atom is 0.350 e. The van der Waals surface area contributed by atoms with Crippen LogP contribution in [0.1, 0.15) is 57.4 Å². The molecule has 2 amide bonds. The Morgan fingerprint density at radius 1 is 1.25 bits per heavy atom. The first-order chi connectivity index (χ1) is 15.5. The number of carbonyl (C=O) groups excluding carboxylic acids is 1. The van der Waals surface area contributed by atoms with Crippen LogP contribution in [0.15, 0.2) is 46.1 Å². The van der Waals surface area contributed by atoms with E-state index < -0.39 is 5.54 Å². The number of piperidine rings is 1. The summed E-state index contributed by atoms with van der Waals surface area (Å²) in [6, 6.07) is 8.90. The minimum atomic E-state index is -0.549. The van der Waals surface area contributed by atoms with Crippen molar-refractivity contribution >= 4 is 28.9 Å². The molecule has 1 N–H and O–H groups in total. The van der Waals surface area contributed by atoms with Gasteiger partial charge < -0.3 is 5.32 Å². The van der Waals surface area contributed by atoms with E-state index in [1.165, 1.54) is 37.0 Å². The number of thiophene rings is 1. The van der Waals surface area contributed by atoms with Crippen LogP contribution in [0.5, 0.6) is 0 Å². The molecule has 1 saturated heterocycles. The number of aliphatic imine (C=N–C) groups is 1. The Hall–Kier alpha value is -2.25. The summed E-state index contributed by atoms with van der Waals surface area (Å²) >= 11 is 1.72. The first kappa shape index (κ1) is 21.6. The number of halogens is 1. The van der Waals surface area contributed by atoms with E-state index >= 15 is 0 Å². The average Bonchev–Trinajstić information content (AvgIpc) is 3.37.